The summed E-state index contributed by atoms with van der Waals surface area (Å²) in [5.74, 6) is 5.22. The highest BCUT2D eigenvalue weighted by Crippen LogP contribution is 2.24. The number of aliphatic imine (C=N–C) groups is 1. The van der Waals surface area contributed by atoms with Gasteiger partial charge in [-0.15, -0.1) is 0 Å². The van der Waals surface area contributed by atoms with Crippen molar-refractivity contribution in [3.63, 3.8) is 0 Å². The second-order valence-corrected chi connectivity index (χ2v) is 4.50. The van der Waals surface area contributed by atoms with Crippen LogP contribution in [0.15, 0.2) is 27.7 Å². The maximum Gasteiger partial charge on any atom is 0.210 e. The van der Waals surface area contributed by atoms with Crippen LogP contribution in [0.4, 0.5) is 10.1 Å². The van der Waals surface area contributed by atoms with Gasteiger partial charge in [-0.05, 0) is 35.0 Å². The summed E-state index contributed by atoms with van der Waals surface area (Å²) >= 11 is 3.25. The lowest BCUT2D eigenvalue weighted by atomic mass is 10.3. The molecule has 1 aromatic rings. The maximum atomic E-state index is 13.6. The number of guanidine groups is 1. The normalized spacial score (nSPS) is 13.3. The summed E-state index contributed by atoms with van der Waals surface area (Å²) in [6, 6.07) is 4.57. The number of benzene rings is 1. The standard InChI is InChI=1S/C11H16BrFN4O/c1-7(6-18-2)15-11(17-14)16-10-8(12)4-3-5-9(10)13/h3-5,7H,6,14H2,1-2H3,(H2,15,16,17). The molecule has 18 heavy (non-hydrogen) atoms. The van der Waals surface area contributed by atoms with Gasteiger partial charge in [-0.2, -0.15) is 0 Å². The Balaban J connectivity index is 2.86. The first-order chi connectivity index (χ1) is 8.58. The van der Waals surface area contributed by atoms with Gasteiger partial charge in [-0.3, -0.25) is 5.43 Å². The fourth-order valence-electron chi connectivity index (χ4n) is 1.34. The first-order valence-corrected chi connectivity index (χ1v) is 6.12. The summed E-state index contributed by atoms with van der Waals surface area (Å²) in [5.41, 5.74) is 2.67. The Labute approximate surface area is 114 Å². The predicted octanol–water partition coefficient (Wildman–Crippen LogP) is 1.85. The predicted molar refractivity (Wildman–Crippen MR) is 73.8 cm³/mol. The van der Waals surface area contributed by atoms with Gasteiger partial charge in [0.15, 0.2) is 0 Å². The summed E-state index contributed by atoms with van der Waals surface area (Å²) in [5, 5.41) is 2.79. The smallest absolute Gasteiger partial charge is 0.210 e. The van der Waals surface area contributed by atoms with E-state index in [1.54, 1.807) is 19.2 Å². The minimum absolute atomic E-state index is 0.0981. The van der Waals surface area contributed by atoms with E-state index in [1.165, 1.54) is 6.07 Å². The Morgan fingerprint density at radius 3 is 2.89 bits per heavy atom. The number of para-hydroxylation sites is 1. The number of rotatable bonds is 4. The molecule has 0 aliphatic rings. The Hall–Kier alpha value is -1.18. The number of nitrogens with zero attached hydrogens (tertiary/aromatic N) is 1. The zero-order chi connectivity index (χ0) is 13.5. The van der Waals surface area contributed by atoms with Crippen LogP contribution in [0.25, 0.3) is 0 Å². The number of hydrazine groups is 1. The molecule has 0 aromatic heterocycles. The molecule has 4 N–H and O–H groups in total. The Bertz CT molecular complexity index is 407. The number of ether oxygens (including phenoxy) is 1. The van der Waals surface area contributed by atoms with E-state index in [9.17, 15) is 4.39 Å². The molecule has 0 saturated carbocycles. The number of halogens is 2. The van der Waals surface area contributed by atoms with Crippen LogP contribution >= 0.6 is 15.9 Å². The molecule has 100 valence electrons. The monoisotopic (exact) mass is 318 g/mol. The van der Waals surface area contributed by atoms with E-state index in [0.717, 1.165) is 0 Å². The molecule has 1 unspecified atom stereocenters. The van der Waals surface area contributed by atoms with Crippen molar-refractivity contribution in [2.24, 2.45) is 10.8 Å². The highest BCUT2D eigenvalue weighted by molar-refractivity contribution is 9.10. The van der Waals surface area contributed by atoms with E-state index in [-0.39, 0.29) is 17.7 Å². The third-order valence-electron chi connectivity index (χ3n) is 2.10. The Morgan fingerprint density at radius 1 is 1.61 bits per heavy atom. The third kappa shape index (κ3) is 4.25. The van der Waals surface area contributed by atoms with Crippen LogP contribution in [0.3, 0.4) is 0 Å². The molecule has 0 saturated heterocycles. The second kappa shape index (κ2) is 7.30. The van der Waals surface area contributed by atoms with E-state index < -0.39 is 5.82 Å². The highest BCUT2D eigenvalue weighted by Gasteiger charge is 2.09. The second-order valence-electron chi connectivity index (χ2n) is 3.65. The van der Waals surface area contributed by atoms with Gasteiger partial charge in [0, 0.05) is 11.6 Å². The van der Waals surface area contributed by atoms with E-state index in [0.29, 0.717) is 11.1 Å². The van der Waals surface area contributed by atoms with Gasteiger partial charge in [0.05, 0.1) is 18.3 Å². The molecule has 0 amide bonds. The van der Waals surface area contributed by atoms with Crippen LogP contribution in [-0.4, -0.2) is 25.7 Å². The fourth-order valence-corrected chi connectivity index (χ4v) is 1.78. The summed E-state index contributed by atoms with van der Waals surface area (Å²) < 4.78 is 19.1. The van der Waals surface area contributed by atoms with E-state index >= 15 is 0 Å². The van der Waals surface area contributed by atoms with Crippen molar-refractivity contribution < 1.29 is 9.13 Å². The number of anilines is 1. The summed E-state index contributed by atoms with van der Waals surface area (Å²) in [6.45, 7) is 2.31. The average molecular weight is 319 g/mol. The first kappa shape index (κ1) is 14.9. The SMILES string of the molecule is COCC(C)N=C(NN)Nc1c(F)cccc1Br. The van der Waals surface area contributed by atoms with Crippen molar-refractivity contribution >= 4 is 27.6 Å². The van der Waals surface area contributed by atoms with Crippen molar-refractivity contribution in [1.29, 1.82) is 0 Å². The molecule has 0 fully saturated rings. The van der Waals surface area contributed by atoms with Crippen LogP contribution in [0, 0.1) is 5.82 Å². The van der Waals surface area contributed by atoms with Crippen LogP contribution < -0.4 is 16.6 Å². The molecular weight excluding hydrogens is 303 g/mol. The minimum Gasteiger partial charge on any atom is -0.382 e. The van der Waals surface area contributed by atoms with Crippen LogP contribution in [0.1, 0.15) is 6.92 Å². The highest BCUT2D eigenvalue weighted by atomic mass is 79.9. The summed E-state index contributed by atoms with van der Waals surface area (Å²) in [4.78, 5) is 4.22. The molecule has 0 radical (unpaired) electrons. The molecule has 0 aliphatic carbocycles. The minimum atomic E-state index is -0.397. The quantitative estimate of drug-likeness (QED) is 0.343. The molecule has 1 rings (SSSR count). The van der Waals surface area contributed by atoms with E-state index in [4.69, 9.17) is 10.6 Å². The van der Waals surface area contributed by atoms with Crippen molar-refractivity contribution in [1.82, 2.24) is 5.43 Å². The van der Waals surface area contributed by atoms with E-state index in [2.05, 4.69) is 31.7 Å². The lowest BCUT2D eigenvalue weighted by molar-refractivity contribution is 0.185. The molecule has 0 heterocycles. The van der Waals surface area contributed by atoms with Crippen molar-refractivity contribution in [3.05, 3.63) is 28.5 Å². The maximum absolute atomic E-state index is 13.6. The van der Waals surface area contributed by atoms with Crippen LogP contribution in [-0.2, 0) is 4.74 Å². The molecule has 7 heteroatoms. The van der Waals surface area contributed by atoms with Crippen LogP contribution in [0.5, 0.6) is 0 Å². The number of hydrogen-bond acceptors (Lipinski definition) is 3. The van der Waals surface area contributed by atoms with Gasteiger partial charge in [-0.25, -0.2) is 15.2 Å². The number of methoxy groups -OCH3 is 1. The zero-order valence-corrected chi connectivity index (χ0v) is 11.8. The van der Waals surface area contributed by atoms with Gasteiger partial charge < -0.3 is 10.1 Å². The van der Waals surface area contributed by atoms with Gasteiger partial charge in [-0.1, -0.05) is 6.07 Å². The van der Waals surface area contributed by atoms with Gasteiger partial charge in [0.2, 0.25) is 5.96 Å². The molecule has 0 aliphatic heterocycles. The molecular formula is C11H16BrFN4O. The van der Waals surface area contributed by atoms with Crippen molar-refractivity contribution in [2.75, 3.05) is 19.0 Å². The van der Waals surface area contributed by atoms with Gasteiger partial charge >= 0.3 is 0 Å². The Kier molecular flexibility index (Phi) is 6.03. The first-order valence-electron chi connectivity index (χ1n) is 5.32. The molecule has 5 nitrogen and oxygen atoms in total. The lowest BCUT2D eigenvalue weighted by Gasteiger charge is -2.13. The zero-order valence-electron chi connectivity index (χ0n) is 10.2. The summed E-state index contributed by atoms with van der Waals surface area (Å²) in [7, 11) is 1.59. The van der Waals surface area contributed by atoms with Crippen molar-refractivity contribution in [2.45, 2.75) is 13.0 Å². The molecule has 0 bridgehead atoms. The molecule has 1 atom stereocenters. The number of nitrogens with one attached hydrogen (secondary N) is 2. The van der Waals surface area contributed by atoms with Gasteiger partial charge in [0.1, 0.15) is 5.82 Å². The fraction of sp³-hybridized carbons (Fsp3) is 0.364. The third-order valence-corrected chi connectivity index (χ3v) is 2.76. The molecule has 0 spiro atoms. The molecule has 1 aromatic carbocycles. The topological polar surface area (TPSA) is 71.7 Å². The number of nitrogens with two attached hydrogens (primary N) is 1. The van der Waals surface area contributed by atoms with Crippen molar-refractivity contribution in [3.8, 4) is 0 Å². The number of hydrogen-bond donors (Lipinski definition) is 3. The largest absolute Gasteiger partial charge is 0.382 e. The lowest BCUT2D eigenvalue weighted by Crippen LogP contribution is -2.37. The Morgan fingerprint density at radius 2 is 2.33 bits per heavy atom. The summed E-state index contributed by atoms with van der Waals surface area (Å²) in [6.07, 6.45) is 0. The van der Waals surface area contributed by atoms with E-state index in [1.807, 2.05) is 6.92 Å². The van der Waals surface area contributed by atoms with Gasteiger partial charge in [0.25, 0.3) is 0 Å². The average Bonchev–Trinajstić information content (AvgIpc) is 2.33. The van der Waals surface area contributed by atoms with Crippen LogP contribution in [0.2, 0.25) is 0 Å².